The molecule has 2 aliphatic heterocycles. The quantitative estimate of drug-likeness (QED) is 0.113. The maximum Gasteiger partial charge on any atom is 0.410 e. The molecule has 0 bridgehead atoms. The second-order valence-corrected chi connectivity index (χ2v) is 23.1. The summed E-state index contributed by atoms with van der Waals surface area (Å²) < 4.78 is 9.97. The highest BCUT2D eigenvalue weighted by atomic mass is 35.5. The van der Waals surface area contributed by atoms with Crippen molar-refractivity contribution in [3.05, 3.63) is 225 Å². The van der Waals surface area contributed by atoms with E-state index < -0.39 is 6.04 Å². The molecule has 16 nitrogen and oxygen atoms in total. The van der Waals surface area contributed by atoms with E-state index in [-0.39, 0.29) is 48.7 Å². The number of pyridine rings is 2. The van der Waals surface area contributed by atoms with Gasteiger partial charge in [0.05, 0.1) is 36.1 Å². The Hall–Kier alpha value is -7.73. The highest BCUT2D eigenvalue weighted by Crippen LogP contribution is 2.41. The number of nitrogens with one attached hydrogen (secondary N) is 3. The van der Waals surface area contributed by atoms with Gasteiger partial charge in [-0.3, -0.25) is 29.4 Å². The monoisotopic (exact) mass is 1150 g/mol. The van der Waals surface area contributed by atoms with Crippen LogP contribution in [0.1, 0.15) is 100 Å². The van der Waals surface area contributed by atoms with E-state index in [0.717, 1.165) is 114 Å². The molecule has 3 fully saturated rings. The molecule has 13 rings (SSSR count). The molecule has 3 aliphatic carbocycles. The van der Waals surface area contributed by atoms with Crippen LogP contribution in [-0.4, -0.2) is 119 Å². The number of rotatable bonds is 11. The molecule has 0 radical (unpaired) electrons. The van der Waals surface area contributed by atoms with Crippen LogP contribution in [0, 0.1) is 0 Å². The first-order valence-corrected chi connectivity index (χ1v) is 29.8. The van der Waals surface area contributed by atoms with Crippen LogP contribution in [-0.2, 0) is 53.1 Å². The molecular formula is C65H68Cl2N12O4. The topological polar surface area (TPSA) is 168 Å². The van der Waals surface area contributed by atoms with Gasteiger partial charge in [-0.2, -0.15) is 0 Å². The molecular weight excluding hydrogens is 1080 g/mol. The third-order valence-corrected chi connectivity index (χ3v) is 17.3. The van der Waals surface area contributed by atoms with E-state index >= 15 is 0 Å². The van der Waals surface area contributed by atoms with Crippen molar-refractivity contribution in [2.75, 3.05) is 49.9 Å². The van der Waals surface area contributed by atoms with Crippen molar-refractivity contribution in [3.8, 4) is 0 Å². The van der Waals surface area contributed by atoms with Gasteiger partial charge in [0.1, 0.15) is 18.2 Å². The first-order valence-electron chi connectivity index (χ1n) is 29.0. The maximum atomic E-state index is 14.4. The van der Waals surface area contributed by atoms with E-state index in [2.05, 4.69) is 72.1 Å². The van der Waals surface area contributed by atoms with Crippen molar-refractivity contribution >= 4 is 52.5 Å². The Kier molecular flexibility index (Phi) is 17.4. The number of hydrogen-bond donors (Lipinski definition) is 3. The number of nitrogens with zero attached hydrogens (tertiary/aromatic N) is 9. The molecule has 3 N–H and O–H groups in total. The third kappa shape index (κ3) is 13.1. The molecule has 0 spiro atoms. The molecule has 4 atom stereocenters. The molecule has 3 amide bonds. The molecule has 8 aromatic rings. The Morgan fingerprint density at radius 3 is 1.67 bits per heavy atom. The van der Waals surface area contributed by atoms with E-state index in [9.17, 15) is 14.4 Å². The summed E-state index contributed by atoms with van der Waals surface area (Å²) in [4.78, 5) is 65.9. The number of carbonyl (C=O) groups is 3. The Labute approximate surface area is 494 Å². The Morgan fingerprint density at radius 2 is 1.12 bits per heavy atom. The second-order valence-electron chi connectivity index (χ2n) is 22.2. The third-order valence-electron chi connectivity index (χ3n) is 16.8. The average molecular weight is 1150 g/mol. The van der Waals surface area contributed by atoms with Crippen LogP contribution < -0.4 is 16.0 Å². The first kappa shape index (κ1) is 55.8. The summed E-state index contributed by atoms with van der Waals surface area (Å²) in [6, 6.07) is 34.9. The summed E-state index contributed by atoms with van der Waals surface area (Å²) in [5.74, 6) is -0.198. The van der Waals surface area contributed by atoms with E-state index in [1.54, 1.807) is 29.9 Å². The smallest absolute Gasteiger partial charge is 0.410 e. The van der Waals surface area contributed by atoms with E-state index in [4.69, 9.17) is 37.9 Å². The van der Waals surface area contributed by atoms with Crippen LogP contribution in [0.5, 0.6) is 0 Å². The zero-order valence-electron chi connectivity index (χ0n) is 46.3. The lowest BCUT2D eigenvalue weighted by atomic mass is 9.94. The lowest BCUT2D eigenvalue weighted by Gasteiger charge is -2.44. The molecule has 4 aromatic heterocycles. The number of aryl methyl sites for hydroxylation is 4. The van der Waals surface area contributed by atoms with Gasteiger partial charge in [0.25, 0.3) is 0 Å². The zero-order valence-corrected chi connectivity index (χ0v) is 47.8. The van der Waals surface area contributed by atoms with Crippen LogP contribution in [0.2, 0.25) is 10.0 Å². The standard InChI is InChI=1S/C36H39ClN6O3.C29H29ClN6O/c37-28-13-14-31-27(21-28)12-11-26-7-5-15-39-33(26)34(31)43-19-18-42(36(45)46-30-9-2-1-3-10-30)23-32(43)35(44)40-29-8-4-6-25(20-29)22-41-17-16-38-24-41;30-23-8-9-25-22(16-23)7-6-21-4-2-10-33-27(21)28(25)36-14-12-31-17-26(36)29(37)34-24-5-1-3-20(15-24)18-35-13-11-32-19-35/h4-8,13-17,20-21,24,30,32,34H,1-3,9-12,18-19,22-23H2,(H,40,44);1-5,8-11,13,15-16,19,26,28,31H,6-7,12,14,17-18H2,(H,34,37)/t32-,34?;26-,28?/m11/s1. The Morgan fingerprint density at radius 1 is 0.578 bits per heavy atom. The fourth-order valence-corrected chi connectivity index (χ4v) is 13.1. The number of fused-ring (bicyclic) bond motifs is 4. The SMILES string of the molecule is O=C(Nc1cccc(Cn2ccnc2)c1)[C@H]1CN(C(=O)OC2CCCCC2)CCN1C1c2ccc(Cl)cc2CCc2cccnc21.O=C(Nc1cccc(Cn2ccnc2)c1)[C@H]1CNCCN1C1c2ccc(Cl)cc2CCc2cccnc21. The molecule has 83 heavy (non-hydrogen) atoms. The summed E-state index contributed by atoms with van der Waals surface area (Å²) in [6.45, 7) is 4.62. The highest BCUT2D eigenvalue weighted by Gasteiger charge is 2.43. The number of amides is 3. The molecule has 426 valence electrons. The molecule has 1 saturated carbocycles. The van der Waals surface area contributed by atoms with Gasteiger partial charge in [0.15, 0.2) is 0 Å². The molecule has 18 heteroatoms. The summed E-state index contributed by atoms with van der Waals surface area (Å²) in [7, 11) is 0. The van der Waals surface area contributed by atoms with Crippen LogP contribution in [0.25, 0.3) is 0 Å². The van der Waals surface area contributed by atoms with E-state index in [1.807, 2.05) is 107 Å². The molecule has 2 saturated heterocycles. The van der Waals surface area contributed by atoms with Crippen LogP contribution >= 0.6 is 23.2 Å². The lowest BCUT2D eigenvalue weighted by Crippen LogP contribution is -2.60. The minimum Gasteiger partial charge on any atom is -0.446 e. The number of hydrogen-bond acceptors (Lipinski definition) is 11. The highest BCUT2D eigenvalue weighted by molar-refractivity contribution is 6.31. The minimum atomic E-state index is -0.647. The maximum absolute atomic E-state index is 14.4. The largest absolute Gasteiger partial charge is 0.446 e. The normalized spacial score (nSPS) is 20.0. The van der Waals surface area contributed by atoms with Crippen LogP contribution in [0.3, 0.4) is 0 Å². The minimum absolute atomic E-state index is 0.0239. The Bertz CT molecular complexity index is 3560. The predicted molar refractivity (Wildman–Crippen MR) is 321 cm³/mol. The number of halogens is 2. The molecule has 4 aromatic carbocycles. The lowest BCUT2D eigenvalue weighted by molar-refractivity contribution is -0.124. The number of anilines is 2. The van der Waals surface area contributed by atoms with Gasteiger partial charge < -0.3 is 34.7 Å². The van der Waals surface area contributed by atoms with Gasteiger partial charge in [0.2, 0.25) is 11.8 Å². The number of aromatic nitrogens is 6. The average Bonchev–Trinajstić information content (AvgIpc) is 3.59. The van der Waals surface area contributed by atoms with Gasteiger partial charge >= 0.3 is 6.09 Å². The van der Waals surface area contributed by atoms with Crippen LogP contribution in [0.4, 0.5) is 16.2 Å². The zero-order chi connectivity index (χ0) is 56.7. The van der Waals surface area contributed by atoms with Crippen molar-refractivity contribution in [2.45, 2.75) is 101 Å². The molecule has 6 heterocycles. The molecule has 2 unspecified atom stereocenters. The summed E-state index contributed by atoms with van der Waals surface area (Å²) in [5.41, 5.74) is 12.7. The van der Waals surface area contributed by atoms with Crippen molar-refractivity contribution in [1.29, 1.82) is 0 Å². The summed E-state index contributed by atoms with van der Waals surface area (Å²) >= 11 is 12.9. The van der Waals surface area contributed by atoms with Gasteiger partial charge in [-0.05, 0) is 157 Å². The fraction of sp³-hybridized carbons (Fsp3) is 0.338. The van der Waals surface area contributed by atoms with Crippen molar-refractivity contribution in [1.82, 2.24) is 49.1 Å². The van der Waals surface area contributed by atoms with Crippen molar-refractivity contribution in [3.63, 3.8) is 0 Å². The number of benzene rings is 4. The Balaban J connectivity index is 0.000000168. The van der Waals surface area contributed by atoms with Crippen molar-refractivity contribution in [2.24, 2.45) is 0 Å². The fourth-order valence-electron chi connectivity index (χ4n) is 12.7. The number of carbonyl (C=O) groups excluding carboxylic acids is 3. The van der Waals surface area contributed by atoms with E-state index in [0.29, 0.717) is 43.4 Å². The second kappa shape index (κ2) is 25.8. The summed E-state index contributed by atoms with van der Waals surface area (Å²) in [6.07, 6.45) is 22.8. The number of imidazole rings is 2. The first-order chi connectivity index (χ1) is 40.7. The van der Waals surface area contributed by atoms with Crippen molar-refractivity contribution < 1.29 is 19.1 Å². The van der Waals surface area contributed by atoms with Gasteiger partial charge in [-0.15, -0.1) is 0 Å². The van der Waals surface area contributed by atoms with Gasteiger partial charge in [-0.25, -0.2) is 14.8 Å². The number of ether oxygens (including phenoxy) is 1. The number of piperazine rings is 2. The van der Waals surface area contributed by atoms with Gasteiger partial charge in [-0.1, -0.05) is 78.2 Å². The predicted octanol–water partition coefficient (Wildman–Crippen LogP) is 10.3. The molecule has 5 aliphatic rings. The van der Waals surface area contributed by atoms with E-state index in [1.165, 1.54) is 23.1 Å². The summed E-state index contributed by atoms with van der Waals surface area (Å²) in [5, 5.41) is 11.2. The van der Waals surface area contributed by atoms with Gasteiger partial charge in [0, 0.05) is 111 Å². The van der Waals surface area contributed by atoms with Crippen LogP contribution in [0.15, 0.2) is 159 Å².